The summed E-state index contributed by atoms with van der Waals surface area (Å²) in [5, 5.41) is 18.5. The van der Waals surface area contributed by atoms with Crippen LogP contribution >= 0.6 is 0 Å². The van der Waals surface area contributed by atoms with Gasteiger partial charge in [0.15, 0.2) is 0 Å². The first-order chi connectivity index (χ1) is 11.7. The van der Waals surface area contributed by atoms with Crippen LogP contribution in [0.15, 0.2) is 37.5 Å². The molecule has 0 aromatic rings. The molecule has 3 atom stereocenters. The van der Waals surface area contributed by atoms with Crippen molar-refractivity contribution in [2.24, 2.45) is 17.8 Å². The normalized spacial score (nSPS) is 23.3. The molecule has 0 saturated heterocycles. The molecular weight excluding hydrogens is 324 g/mol. The first-order valence-corrected chi connectivity index (χ1v) is 8.24. The van der Waals surface area contributed by atoms with Crippen LogP contribution in [-0.4, -0.2) is 33.7 Å². The molecule has 0 radical (unpaired) electrons. The van der Waals surface area contributed by atoms with Gasteiger partial charge in [-0.15, -0.1) is 13.2 Å². The van der Waals surface area contributed by atoms with Gasteiger partial charge in [0.05, 0.1) is 17.8 Å². The molecule has 1 aliphatic carbocycles. The van der Waals surface area contributed by atoms with E-state index in [1.54, 1.807) is 19.1 Å². The summed E-state index contributed by atoms with van der Waals surface area (Å²) >= 11 is 0. The summed E-state index contributed by atoms with van der Waals surface area (Å²) < 4.78 is 5.70. The van der Waals surface area contributed by atoms with E-state index in [1.165, 1.54) is 0 Å². The number of carboxylic acids is 2. The Morgan fingerprint density at radius 1 is 1.08 bits per heavy atom. The number of carbonyl (C=O) groups is 3. The van der Waals surface area contributed by atoms with E-state index in [0.717, 1.165) is 0 Å². The zero-order valence-corrected chi connectivity index (χ0v) is 14.6. The van der Waals surface area contributed by atoms with Crippen molar-refractivity contribution in [2.75, 3.05) is 0 Å². The van der Waals surface area contributed by atoms with Crippen LogP contribution in [0, 0.1) is 17.8 Å². The van der Waals surface area contributed by atoms with Crippen LogP contribution in [0.2, 0.25) is 0 Å². The summed E-state index contributed by atoms with van der Waals surface area (Å²) in [6.07, 6.45) is 4.24. The summed E-state index contributed by atoms with van der Waals surface area (Å²) in [4.78, 5) is 35.4. The predicted octanol–water partition coefficient (Wildman–Crippen LogP) is 3.20. The maximum absolute atomic E-state index is 12.7. The number of hydrogen-bond acceptors (Lipinski definition) is 4. The molecular formula is C19H26O6. The Balaban J connectivity index is 3.04. The fraction of sp³-hybridized carbons (Fsp3) is 0.526. The average molecular weight is 350 g/mol. The molecule has 1 aliphatic rings. The summed E-state index contributed by atoms with van der Waals surface area (Å²) in [5.74, 6) is -5.55. The topological polar surface area (TPSA) is 101 Å². The molecule has 0 heterocycles. The zero-order chi connectivity index (χ0) is 19.2. The molecule has 0 aromatic heterocycles. The van der Waals surface area contributed by atoms with Crippen LogP contribution in [0.1, 0.15) is 39.0 Å². The molecule has 6 nitrogen and oxygen atoms in total. The summed E-state index contributed by atoms with van der Waals surface area (Å²) in [5.41, 5.74) is -0.389. The molecule has 0 aromatic carbocycles. The summed E-state index contributed by atoms with van der Waals surface area (Å²) in [7, 11) is 0. The highest BCUT2D eigenvalue weighted by Crippen LogP contribution is 2.38. The van der Waals surface area contributed by atoms with Crippen molar-refractivity contribution < 1.29 is 29.3 Å². The van der Waals surface area contributed by atoms with E-state index in [2.05, 4.69) is 19.7 Å². The number of ether oxygens (including phenoxy) is 1. The highest BCUT2D eigenvalue weighted by molar-refractivity contribution is 5.83. The van der Waals surface area contributed by atoms with Crippen molar-refractivity contribution in [1.29, 1.82) is 0 Å². The minimum absolute atomic E-state index is 0.0760. The quantitative estimate of drug-likeness (QED) is 0.489. The molecule has 25 heavy (non-hydrogen) atoms. The second-order valence-corrected chi connectivity index (χ2v) is 6.58. The van der Waals surface area contributed by atoms with Gasteiger partial charge < -0.3 is 14.9 Å². The van der Waals surface area contributed by atoms with Gasteiger partial charge in [0.1, 0.15) is 5.60 Å². The predicted molar refractivity (Wildman–Crippen MR) is 92.9 cm³/mol. The lowest BCUT2D eigenvalue weighted by Gasteiger charge is -2.37. The van der Waals surface area contributed by atoms with Crippen molar-refractivity contribution in [3.8, 4) is 0 Å². The molecule has 6 heteroatoms. The number of aliphatic carboxylic acids is 2. The third-order valence-electron chi connectivity index (χ3n) is 4.84. The van der Waals surface area contributed by atoms with E-state index in [9.17, 15) is 19.5 Å². The third-order valence-corrected chi connectivity index (χ3v) is 4.84. The molecule has 3 unspecified atom stereocenters. The molecule has 0 aliphatic heterocycles. The average Bonchev–Trinajstić information content (AvgIpc) is 2.54. The number of hydrogen-bond donors (Lipinski definition) is 2. The molecule has 0 spiro atoms. The number of rotatable bonds is 9. The van der Waals surface area contributed by atoms with Gasteiger partial charge in [-0.25, -0.2) is 0 Å². The van der Waals surface area contributed by atoms with E-state index in [-0.39, 0.29) is 19.3 Å². The maximum Gasteiger partial charge on any atom is 0.310 e. The number of carbonyl (C=O) groups excluding carboxylic acids is 1. The van der Waals surface area contributed by atoms with Crippen molar-refractivity contribution in [3.05, 3.63) is 37.5 Å². The van der Waals surface area contributed by atoms with Crippen LogP contribution in [-0.2, 0) is 19.1 Å². The van der Waals surface area contributed by atoms with Crippen molar-refractivity contribution in [3.63, 3.8) is 0 Å². The largest absolute Gasteiger partial charge is 0.481 e. The third kappa shape index (κ3) is 4.81. The van der Waals surface area contributed by atoms with Gasteiger partial charge in [-0.2, -0.15) is 0 Å². The Labute approximate surface area is 147 Å². The Morgan fingerprint density at radius 3 is 2.04 bits per heavy atom. The van der Waals surface area contributed by atoms with Crippen molar-refractivity contribution >= 4 is 17.9 Å². The van der Waals surface area contributed by atoms with E-state index in [1.807, 2.05) is 0 Å². The molecule has 0 bridgehead atoms. The van der Waals surface area contributed by atoms with Gasteiger partial charge in [0, 0.05) is 12.8 Å². The molecule has 2 N–H and O–H groups in total. The monoisotopic (exact) mass is 350 g/mol. The first-order valence-electron chi connectivity index (χ1n) is 8.24. The standard InChI is InChI=1S/C19H26O6/c1-5-9-19(10-6-2,12(3)4)25-18(24)14-8-7-13(16(20)21)11-15(14)17(22)23/h5-6,13-15H,1-3,7-11H2,4H3,(H,20,21)(H,22,23). The lowest BCUT2D eigenvalue weighted by atomic mass is 9.74. The molecule has 138 valence electrons. The van der Waals surface area contributed by atoms with Gasteiger partial charge >= 0.3 is 17.9 Å². The minimum Gasteiger partial charge on any atom is -0.481 e. The Kier molecular flexibility index (Phi) is 7.15. The van der Waals surface area contributed by atoms with E-state index in [4.69, 9.17) is 9.84 Å². The van der Waals surface area contributed by atoms with E-state index >= 15 is 0 Å². The van der Waals surface area contributed by atoms with Crippen LogP contribution in [0.5, 0.6) is 0 Å². The van der Waals surface area contributed by atoms with Crippen molar-refractivity contribution in [1.82, 2.24) is 0 Å². The molecule has 1 rings (SSSR count). The highest BCUT2D eigenvalue weighted by atomic mass is 16.6. The smallest absolute Gasteiger partial charge is 0.310 e. The molecule has 0 amide bonds. The second kappa shape index (κ2) is 8.65. The molecule has 1 fully saturated rings. The van der Waals surface area contributed by atoms with Crippen LogP contribution in [0.4, 0.5) is 0 Å². The Bertz CT molecular complexity index is 566. The number of esters is 1. The van der Waals surface area contributed by atoms with E-state index in [0.29, 0.717) is 18.4 Å². The summed E-state index contributed by atoms with van der Waals surface area (Å²) in [6, 6.07) is 0. The highest BCUT2D eigenvalue weighted by Gasteiger charge is 2.44. The second-order valence-electron chi connectivity index (χ2n) is 6.58. The van der Waals surface area contributed by atoms with Gasteiger partial charge in [-0.05, 0) is 31.8 Å². The van der Waals surface area contributed by atoms with Crippen LogP contribution < -0.4 is 0 Å². The fourth-order valence-electron chi connectivity index (χ4n) is 3.29. The SMILES string of the molecule is C=CCC(CC=C)(OC(=O)C1CCC(C(=O)O)CC1C(=O)O)C(=C)C. The lowest BCUT2D eigenvalue weighted by molar-refractivity contribution is -0.171. The zero-order valence-electron chi connectivity index (χ0n) is 14.6. The van der Waals surface area contributed by atoms with Gasteiger partial charge in [-0.1, -0.05) is 18.7 Å². The lowest BCUT2D eigenvalue weighted by Crippen LogP contribution is -2.43. The fourth-order valence-corrected chi connectivity index (χ4v) is 3.29. The van der Waals surface area contributed by atoms with Gasteiger partial charge in [0.25, 0.3) is 0 Å². The maximum atomic E-state index is 12.7. The van der Waals surface area contributed by atoms with Gasteiger partial charge in [0.2, 0.25) is 0 Å². The number of carboxylic acid groups (broad SMARTS) is 2. The Morgan fingerprint density at radius 2 is 1.64 bits per heavy atom. The van der Waals surface area contributed by atoms with E-state index < -0.39 is 41.3 Å². The van der Waals surface area contributed by atoms with Crippen molar-refractivity contribution in [2.45, 2.75) is 44.6 Å². The molecule has 1 saturated carbocycles. The minimum atomic E-state index is -1.18. The first kappa shape index (κ1) is 20.7. The Hall–Kier alpha value is -2.37. The van der Waals surface area contributed by atoms with Gasteiger partial charge in [-0.3, -0.25) is 14.4 Å². The van der Waals surface area contributed by atoms with Crippen LogP contribution in [0.25, 0.3) is 0 Å². The van der Waals surface area contributed by atoms with Crippen LogP contribution in [0.3, 0.4) is 0 Å². The summed E-state index contributed by atoms with van der Waals surface area (Å²) in [6.45, 7) is 13.0.